The maximum absolute atomic E-state index is 15.2. The average molecular weight is 484 g/mol. The summed E-state index contributed by atoms with van der Waals surface area (Å²) in [6.07, 6.45) is 1.91. The van der Waals surface area contributed by atoms with Crippen LogP contribution in [-0.4, -0.2) is 31.0 Å². The number of halogens is 3. The molecule has 0 bridgehead atoms. The van der Waals surface area contributed by atoms with Crippen LogP contribution in [0.2, 0.25) is 0 Å². The van der Waals surface area contributed by atoms with Crippen LogP contribution in [-0.2, 0) is 12.1 Å². The van der Waals surface area contributed by atoms with E-state index in [1.54, 1.807) is 16.8 Å². The third-order valence-corrected chi connectivity index (χ3v) is 6.19. The lowest BCUT2D eigenvalue weighted by Crippen LogP contribution is -2.19. The number of ether oxygens (including phenoxy) is 1. The molecule has 1 aliphatic heterocycles. The van der Waals surface area contributed by atoms with Crippen molar-refractivity contribution in [3.63, 3.8) is 0 Å². The Kier molecular flexibility index (Phi) is 5.43. The molecule has 10 heteroatoms. The van der Waals surface area contributed by atoms with Gasteiger partial charge in [-0.15, -0.1) is 0 Å². The van der Waals surface area contributed by atoms with Gasteiger partial charge >= 0.3 is 6.61 Å². The Morgan fingerprint density at radius 3 is 2.69 bits per heavy atom. The standard InChI is InChI=1S/C25H23F3N4O3/c1-13-4-5-21(35-24(27)28)15(10-13)19-7-9-31-22(33)16-11-17(26)14(12-20(16)32(19)31)18-6-8-29-23(30-18)25(2,3)34/h4-6,8,10-12,19,24,34H,7,9H2,1-3H3/t19-/m0/s1. The summed E-state index contributed by atoms with van der Waals surface area (Å²) in [5.74, 6) is -0.486. The Morgan fingerprint density at radius 1 is 1.20 bits per heavy atom. The zero-order valence-corrected chi connectivity index (χ0v) is 19.3. The molecule has 2 aromatic heterocycles. The first-order valence-corrected chi connectivity index (χ1v) is 11.1. The topological polar surface area (TPSA) is 82.2 Å². The van der Waals surface area contributed by atoms with E-state index in [4.69, 9.17) is 4.74 Å². The van der Waals surface area contributed by atoms with Crippen molar-refractivity contribution >= 4 is 10.9 Å². The predicted molar refractivity (Wildman–Crippen MR) is 123 cm³/mol. The average Bonchev–Trinajstić information content (AvgIpc) is 3.33. The van der Waals surface area contributed by atoms with Crippen LogP contribution in [0.25, 0.3) is 22.2 Å². The van der Waals surface area contributed by atoms with E-state index < -0.39 is 24.1 Å². The van der Waals surface area contributed by atoms with Gasteiger partial charge in [0.1, 0.15) is 17.2 Å². The lowest BCUT2D eigenvalue weighted by Gasteiger charge is -2.19. The monoisotopic (exact) mass is 484 g/mol. The van der Waals surface area contributed by atoms with E-state index in [2.05, 4.69) is 9.97 Å². The Balaban J connectivity index is 1.71. The maximum Gasteiger partial charge on any atom is 0.387 e. The fourth-order valence-electron chi connectivity index (χ4n) is 4.62. The minimum absolute atomic E-state index is 0.0336. The van der Waals surface area contributed by atoms with Crippen LogP contribution in [0.1, 0.15) is 43.3 Å². The van der Waals surface area contributed by atoms with Gasteiger partial charge in [-0.2, -0.15) is 8.78 Å². The molecular formula is C25H23F3N4O3. The summed E-state index contributed by atoms with van der Waals surface area (Å²) in [7, 11) is 0. The van der Waals surface area contributed by atoms with Crippen LogP contribution in [0.4, 0.5) is 13.2 Å². The Labute approximate surface area is 198 Å². The molecule has 0 saturated carbocycles. The highest BCUT2D eigenvalue weighted by molar-refractivity contribution is 5.84. The summed E-state index contributed by atoms with van der Waals surface area (Å²) < 4.78 is 49.3. The van der Waals surface area contributed by atoms with E-state index in [9.17, 15) is 18.7 Å². The van der Waals surface area contributed by atoms with Crippen molar-refractivity contribution in [1.82, 2.24) is 19.3 Å². The first-order chi connectivity index (χ1) is 16.5. The van der Waals surface area contributed by atoms with E-state index in [0.717, 1.165) is 5.56 Å². The van der Waals surface area contributed by atoms with Gasteiger partial charge in [-0.1, -0.05) is 17.7 Å². The zero-order valence-electron chi connectivity index (χ0n) is 19.3. The quantitative estimate of drug-likeness (QED) is 0.450. The highest BCUT2D eigenvalue weighted by atomic mass is 19.3. The second-order valence-electron chi connectivity index (χ2n) is 9.17. The molecule has 7 nitrogen and oxygen atoms in total. The molecule has 0 amide bonds. The molecule has 1 aliphatic rings. The summed E-state index contributed by atoms with van der Waals surface area (Å²) in [5, 5.41) is 10.4. The molecule has 35 heavy (non-hydrogen) atoms. The number of hydrogen-bond donors (Lipinski definition) is 1. The molecule has 0 fully saturated rings. The summed E-state index contributed by atoms with van der Waals surface area (Å²) >= 11 is 0. The molecule has 0 spiro atoms. The van der Waals surface area contributed by atoms with Crippen molar-refractivity contribution in [1.29, 1.82) is 0 Å². The summed E-state index contributed by atoms with van der Waals surface area (Å²) in [6, 6.07) is 8.68. The van der Waals surface area contributed by atoms with Crippen LogP contribution in [0.3, 0.4) is 0 Å². The van der Waals surface area contributed by atoms with Crippen LogP contribution in [0.15, 0.2) is 47.4 Å². The second kappa shape index (κ2) is 8.23. The van der Waals surface area contributed by atoms with Crippen molar-refractivity contribution in [2.24, 2.45) is 0 Å². The number of fused-ring (bicyclic) bond motifs is 3. The molecular weight excluding hydrogens is 461 g/mol. The number of aryl methyl sites for hydroxylation is 1. The van der Waals surface area contributed by atoms with Gasteiger partial charge in [-0.05, 0) is 51.5 Å². The van der Waals surface area contributed by atoms with E-state index in [1.807, 2.05) is 6.92 Å². The van der Waals surface area contributed by atoms with E-state index in [0.29, 0.717) is 24.0 Å². The van der Waals surface area contributed by atoms with Gasteiger partial charge < -0.3 is 9.84 Å². The Hall–Kier alpha value is -3.66. The van der Waals surface area contributed by atoms with Crippen LogP contribution in [0, 0.1) is 12.7 Å². The van der Waals surface area contributed by atoms with Crippen molar-refractivity contribution in [3.05, 3.63) is 75.7 Å². The third-order valence-electron chi connectivity index (χ3n) is 6.19. The minimum Gasteiger partial charge on any atom is -0.434 e. The molecule has 0 unspecified atom stereocenters. The first kappa shape index (κ1) is 23.1. The van der Waals surface area contributed by atoms with Crippen LogP contribution >= 0.6 is 0 Å². The molecule has 182 valence electrons. The van der Waals surface area contributed by atoms with Crippen LogP contribution < -0.4 is 10.3 Å². The highest BCUT2D eigenvalue weighted by Gasteiger charge is 2.31. The number of benzene rings is 2. The lowest BCUT2D eigenvalue weighted by molar-refractivity contribution is -0.0507. The van der Waals surface area contributed by atoms with Gasteiger partial charge in [0.25, 0.3) is 5.56 Å². The minimum atomic E-state index is -3.00. The molecule has 0 saturated heterocycles. The van der Waals surface area contributed by atoms with Crippen molar-refractivity contribution < 1.29 is 23.0 Å². The molecule has 0 radical (unpaired) electrons. The third kappa shape index (κ3) is 3.97. The van der Waals surface area contributed by atoms with E-state index >= 15 is 4.39 Å². The highest BCUT2D eigenvalue weighted by Crippen LogP contribution is 2.38. The Morgan fingerprint density at radius 2 is 1.97 bits per heavy atom. The fraction of sp³-hybridized carbons (Fsp3) is 0.320. The number of nitrogens with zero attached hydrogens (tertiary/aromatic N) is 4. The normalized spacial score (nSPS) is 15.7. The van der Waals surface area contributed by atoms with Crippen LogP contribution in [0.5, 0.6) is 5.75 Å². The van der Waals surface area contributed by atoms with E-state index in [1.165, 1.54) is 49.0 Å². The lowest BCUT2D eigenvalue weighted by atomic mass is 10.0. The molecule has 2 aromatic carbocycles. The number of aliphatic hydroxyl groups is 1. The summed E-state index contributed by atoms with van der Waals surface area (Å²) in [6.45, 7) is 2.24. The molecule has 5 rings (SSSR count). The second-order valence-corrected chi connectivity index (χ2v) is 9.17. The molecule has 0 aliphatic carbocycles. The first-order valence-electron chi connectivity index (χ1n) is 11.1. The number of aromatic nitrogens is 4. The molecule has 1 N–H and O–H groups in total. The van der Waals surface area contributed by atoms with Crippen molar-refractivity contribution in [2.75, 3.05) is 0 Å². The van der Waals surface area contributed by atoms with Gasteiger partial charge in [0.15, 0.2) is 5.82 Å². The van der Waals surface area contributed by atoms with Gasteiger partial charge in [0.05, 0.1) is 22.6 Å². The smallest absolute Gasteiger partial charge is 0.387 e. The van der Waals surface area contributed by atoms with Crippen molar-refractivity contribution in [2.45, 2.75) is 52.0 Å². The molecule has 1 atom stereocenters. The maximum atomic E-state index is 15.2. The van der Waals surface area contributed by atoms with Gasteiger partial charge in [0, 0.05) is 23.9 Å². The zero-order chi connectivity index (χ0) is 25.1. The van der Waals surface area contributed by atoms with E-state index in [-0.39, 0.29) is 33.8 Å². The molecule has 4 aromatic rings. The molecule has 3 heterocycles. The SMILES string of the molecule is Cc1ccc(OC(F)F)c([C@@H]2CCn3c(=O)c4cc(F)c(-c5ccnc(C(C)(C)O)n5)cc4n32)c1. The number of hydrogen-bond acceptors (Lipinski definition) is 5. The number of alkyl halides is 2. The number of rotatable bonds is 5. The van der Waals surface area contributed by atoms with Gasteiger partial charge in [-0.3, -0.25) is 9.48 Å². The van der Waals surface area contributed by atoms with Gasteiger partial charge in [-0.25, -0.2) is 19.0 Å². The Bertz CT molecular complexity index is 1500. The summed E-state index contributed by atoms with van der Waals surface area (Å²) in [4.78, 5) is 21.5. The largest absolute Gasteiger partial charge is 0.434 e. The van der Waals surface area contributed by atoms with Crippen molar-refractivity contribution in [3.8, 4) is 17.0 Å². The fourth-order valence-corrected chi connectivity index (χ4v) is 4.62. The predicted octanol–water partition coefficient (Wildman–Crippen LogP) is 4.53. The summed E-state index contributed by atoms with van der Waals surface area (Å²) in [5.41, 5.74) is 0.499. The van der Waals surface area contributed by atoms with Gasteiger partial charge in [0.2, 0.25) is 0 Å².